The van der Waals surface area contributed by atoms with E-state index in [9.17, 15) is 19.5 Å². The molecule has 0 aliphatic heterocycles. The monoisotopic (exact) mass is 463 g/mol. The molecule has 1 atom stereocenters. The van der Waals surface area contributed by atoms with Crippen molar-refractivity contribution in [3.63, 3.8) is 0 Å². The van der Waals surface area contributed by atoms with E-state index in [0.29, 0.717) is 0 Å². The molecule has 0 fully saturated rings. The van der Waals surface area contributed by atoms with Gasteiger partial charge in [0, 0.05) is 5.92 Å². The van der Waals surface area contributed by atoms with Crippen molar-refractivity contribution < 1.29 is 28.6 Å². The maximum Gasteiger partial charge on any atom is 0.407 e. The molecule has 0 bridgehead atoms. The van der Waals surface area contributed by atoms with Crippen LogP contribution in [-0.4, -0.2) is 40.2 Å². The Morgan fingerprint density at radius 3 is 2.29 bits per heavy atom. The van der Waals surface area contributed by atoms with Gasteiger partial charge in [0.1, 0.15) is 12.1 Å². The number of aromatic nitrogens is 1. The fraction of sp³-hybridized carbons (Fsp3) is 0.280. The highest BCUT2D eigenvalue weighted by Crippen LogP contribution is 2.44. The minimum atomic E-state index is -1.45. The number of benzene rings is 2. The standard InChI is InChI=1S/C25H25N3O6/c1-3-25(2,23(30)31)28-22(29)21-20(34-14-27-21)12-26-24(32)33-13-19-17-10-6-4-8-15(17)16-9-5-7-11-18(16)19/h4-11,14,19H,3,12-13H2,1-2H3,(H,26,32)(H,28,29)(H,30,31). The van der Waals surface area contributed by atoms with E-state index in [0.717, 1.165) is 28.6 Å². The summed E-state index contributed by atoms with van der Waals surface area (Å²) in [6.07, 6.45) is 0.570. The van der Waals surface area contributed by atoms with Crippen LogP contribution in [0.3, 0.4) is 0 Å². The molecule has 0 saturated carbocycles. The first kappa shape index (κ1) is 23.0. The summed E-state index contributed by atoms with van der Waals surface area (Å²) in [7, 11) is 0. The molecule has 0 spiro atoms. The molecule has 1 unspecified atom stereocenters. The van der Waals surface area contributed by atoms with E-state index in [1.54, 1.807) is 6.92 Å². The molecule has 1 aliphatic rings. The van der Waals surface area contributed by atoms with Crippen LogP contribution in [0.4, 0.5) is 4.79 Å². The van der Waals surface area contributed by atoms with E-state index in [1.165, 1.54) is 6.92 Å². The molecule has 3 aromatic rings. The minimum Gasteiger partial charge on any atom is -0.480 e. The quantitative estimate of drug-likeness (QED) is 0.464. The normalized spacial score (nSPS) is 13.9. The number of nitrogens with one attached hydrogen (secondary N) is 2. The van der Waals surface area contributed by atoms with Gasteiger partial charge in [-0.05, 0) is 35.6 Å². The number of fused-ring (bicyclic) bond motifs is 3. The van der Waals surface area contributed by atoms with E-state index in [1.807, 2.05) is 36.4 Å². The number of rotatable bonds is 8. The van der Waals surface area contributed by atoms with E-state index in [2.05, 4.69) is 27.8 Å². The number of hydrogen-bond donors (Lipinski definition) is 3. The highest BCUT2D eigenvalue weighted by atomic mass is 16.5. The minimum absolute atomic E-state index is 0.0764. The lowest BCUT2D eigenvalue weighted by molar-refractivity contribution is -0.143. The molecular formula is C25H25N3O6. The highest BCUT2D eigenvalue weighted by molar-refractivity contribution is 5.97. The third-order valence-electron chi connectivity index (χ3n) is 6.16. The summed E-state index contributed by atoms with van der Waals surface area (Å²) in [5.41, 5.74) is 2.91. The van der Waals surface area contributed by atoms with E-state index in [-0.39, 0.29) is 36.9 Å². The summed E-state index contributed by atoms with van der Waals surface area (Å²) in [4.78, 5) is 40.3. The Morgan fingerprint density at radius 1 is 1.09 bits per heavy atom. The second-order valence-corrected chi connectivity index (χ2v) is 8.25. The number of nitrogens with zero attached hydrogens (tertiary/aromatic N) is 1. The molecule has 0 saturated heterocycles. The third-order valence-corrected chi connectivity index (χ3v) is 6.16. The number of aliphatic carboxylic acids is 1. The summed E-state index contributed by atoms with van der Waals surface area (Å²) in [5.74, 6) is -1.85. The lowest BCUT2D eigenvalue weighted by Gasteiger charge is -2.24. The maximum atomic E-state index is 12.5. The number of alkyl carbamates (subject to hydrolysis) is 1. The van der Waals surface area contributed by atoms with Crippen LogP contribution in [0.15, 0.2) is 59.3 Å². The summed E-state index contributed by atoms with van der Waals surface area (Å²) in [6, 6.07) is 16.1. The lowest BCUT2D eigenvalue weighted by Crippen LogP contribution is -2.52. The summed E-state index contributed by atoms with van der Waals surface area (Å²) in [5, 5.41) is 14.4. The summed E-state index contributed by atoms with van der Waals surface area (Å²) in [6.45, 7) is 3.06. The van der Waals surface area contributed by atoms with Crippen LogP contribution in [0.5, 0.6) is 0 Å². The van der Waals surface area contributed by atoms with Gasteiger partial charge in [0.25, 0.3) is 5.91 Å². The molecule has 2 aromatic carbocycles. The van der Waals surface area contributed by atoms with Crippen LogP contribution in [0, 0.1) is 0 Å². The van der Waals surface area contributed by atoms with Crippen molar-refractivity contribution >= 4 is 18.0 Å². The second kappa shape index (κ2) is 9.38. The van der Waals surface area contributed by atoms with E-state index >= 15 is 0 Å². The number of ether oxygens (including phenoxy) is 1. The Balaban J connectivity index is 1.37. The molecular weight excluding hydrogens is 438 g/mol. The number of oxazole rings is 1. The van der Waals surface area contributed by atoms with Gasteiger partial charge in [-0.2, -0.15) is 0 Å². The van der Waals surface area contributed by atoms with Gasteiger partial charge in [0.15, 0.2) is 17.8 Å². The predicted molar refractivity (Wildman–Crippen MR) is 122 cm³/mol. The van der Waals surface area contributed by atoms with Gasteiger partial charge in [-0.1, -0.05) is 55.5 Å². The highest BCUT2D eigenvalue weighted by Gasteiger charge is 2.34. The Labute approximate surface area is 196 Å². The van der Waals surface area contributed by atoms with E-state index < -0.39 is 23.5 Å². The molecule has 0 radical (unpaired) electrons. The van der Waals surface area contributed by atoms with Crippen LogP contribution in [0.2, 0.25) is 0 Å². The van der Waals surface area contributed by atoms with Crippen LogP contribution in [0.1, 0.15) is 53.6 Å². The van der Waals surface area contributed by atoms with Crippen LogP contribution >= 0.6 is 0 Å². The van der Waals surface area contributed by atoms with Crippen molar-refractivity contribution in [2.24, 2.45) is 0 Å². The smallest absolute Gasteiger partial charge is 0.407 e. The molecule has 4 rings (SSSR count). The SMILES string of the molecule is CCC(C)(NC(=O)c1ncoc1CNC(=O)OCC1c2ccccc2-c2ccccc21)C(=O)O. The fourth-order valence-electron chi connectivity index (χ4n) is 3.99. The van der Waals surface area contributed by atoms with Crippen LogP contribution in [0.25, 0.3) is 11.1 Å². The van der Waals surface area contributed by atoms with Gasteiger partial charge in [0.2, 0.25) is 0 Å². The predicted octanol–water partition coefficient (Wildman–Crippen LogP) is 3.70. The van der Waals surface area contributed by atoms with Crippen molar-refractivity contribution in [3.8, 4) is 11.1 Å². The van der Waals surface area contributed by atoms with Crippen molar-refractivity contribution in [2.75, 3.05) is 6.61 Å². The first-order chi connectivity index (χ1) is 16.3. The largest absolute Gasteiger partial charge is 0.480 e. The van der Waals surface area contributed by atoms with Crippen LogP contribution in [-0.2, 0) is 16.1 Å². The average molecular weight is 463 g/mol. The van der Waals surface area contributed by atoms with Gasteiger partial charge >= 0.3 is 12.1 Å². The molecule has 176 valence electrons. The molecule has 9 nitrogen and oxygen atoms in total. The topological polar surface area (TPSA) is 131 Å². The van der Waals surface area contributed by atoms with Gasteiger partial charge in [-0.25, -0.2) is 14.6 Å². The van der Waals surface area contributed by atoms with Gasteiger partial charge in [-0.3, -0.25) is 4.79 Å². The summed E-state index contributed by atoms with van der Waals surface area (Å²) >= 11 is 0. The zero-order valence-electron chi connectivity index (χ0n) is 18.8. The number of hydrogen-bond acceptors (Lipinski definition) is 6. The number of carbonyl (C=O) groups is 3. The lowest BCUT2D eigenvalue weighted by atomic mass is 9.98. The van der Waals surface area contributed by atoms with Gasteiger partial charge in [0.05, 0.1) is 6.54 Å². The zero-order valence-corrected chi connectivity index (χ0v) is 18.8. The number of carbonyl (C=O) groups excluding carboxylic acids is 2. The molecule has 9 heteroatoms. The second-order valence-electron chi connectivity index (χ2n) is 8.25. The van der Waals surface area contributed by atoms with Crippen molar-refractivity contribution in [1.82, 2.24) is 15.6 Å². The van der Waals surface area contributed by atoms with Gasteiger partial charge < -0.3 is 24.9 Å². The first-order valence-corrected chi connectivity index (χ1v) is 10.9. The molecule has 1 aliphatic carbocycles. The molecule has 3 N–H and O–H groups in total. The van der Waals surface area contributed by atoms with Crippen LogP contribution < -0.4 is 10.6 Å². The molecule has 1 heterocycles. The first-order valence-electron chi connectivity index (χ1n) is 10.9. The Bertz CT molecular complexity index is 1190. The van der Waals surface area contributed by atoms with Crippen molar-refractivity contribution in [2.45, 2.75) is 38.3 Å². The van der Waals surface area contributed by atoms with Gasteiger partial charge in [-0.15, -0.1) is 0 Å². The average Bonchev–Trinajstić information content (AvgIpc) is 3.44. The zero-order chi connectivity index (χ0) is 24.3. The van der Waals surface area contributed by atoms with E-state index in [4.69, 9.17) is 9.15 Å². The van der Waals surface area contributed by atoms with Crippen molar-refractivity contribution in [3.05, 3.63) is 77.5 Å². The fourth-order valence-corrected chi connectivity index (χ4v) is 3.99. The number of carboxylic acids is 1. The maximum absolute atomic E-state index is 12.5. The molecule has 2 amide bonds. The Hall–Kier alpha value is -4.14. The molecule has 34 heavy (non-hydrogen) atoms. The number of carboxylic acid groups (broad SMARTS) is 1. The third kappa shape index (κ3) is 4.36. The Kier molecular flexibility index (Phi) is 6.36. The van der Waals surface area contributed by atoms with Crippen molar-refractivity contribution in [1.29, 1.82) is 0 Å². The summed E-state index contributed by atoms with van der Waals surface area (Å²) < 4.78 is 10.7. The number of amides is 2. The molecule has 1 aromatic heterocycles. The Morgan fingerprint density at radius 2 is 1.71 bits per heavy atom.